The van der Waals surface area contributed by atoms with Crippen molar-refractivity contribution in [3.8, 4) is 39.1 Å². The molecule has 2 amide bonds. The Morgan fingerprint density at radius 3 is 2.46 bits per heavy atom. The van der Waals surface area contributed by atoms with Gasteiger partial charge in [-0.25, -0.2) is 9.78 Å². The summed E-state index contributed by atoms with van der Waals surface area (Å²) in [6.07, 6.45) is 0. The summed E-state index contributed by atoms with van der Waals surface area (Å²) in [7, 11) is 4.43. The lowest BCUT2D eigenvalue weighted by Gasteiger charge is -2.16. The highest BCUT2D eigenvalue weighted by molar-refractivity contribution is 7.19. The van der Waals surface area contributed by atoms with Gasteiger partial charge in [0.15, 0.2) is 10.8 Å². The van der Waals surface area contributed by atoms with Crippen LogP contribution in [0.5, 0.6) is 17.2 Å². The summed E-state index contributed by atoms with van der Waals surface area (Å²) in [5.74, 6) is -0.700. The standard InChI is InChI=1S/C24H23N5O8S2/c1-12(30)26-21-18(25-11-38-21)22-28-29-24(39-22)27-20(31)16-10-13(19(23(32)37-16)36-9-8-33-2)17-14(34-3)6-5-7-15(17)35-4/h5-7,10-11H,8-9H2,1-4H3,(H,26,30)(H,27,29,31). The van der Waals surface area contributed by atoms with Crippen molar-refractivity contribution in [2.24, 2.45) is 0 Å². The summed E-state index contributed by atoms with van der Waals surface area (Å²) >= 11 is 2.26. The molecule has 2 N–H and O–H groups in total. The van der Waals surface area contributed by atoms with E-state index in [1.807, 2.05) is 0 Å². The van der Waals surface area contributed by atoms with Crippen LogP contribution in [0.25, 0.3) is 21.8 Å². The van der Waals surface area contributed by atoms with Gasteiger partial charge in [0, 0.05) is 19.6 Å². The van der Waals surface area contributed by atoms with Crippen molar-refractivity contribution in [3.05, 3.63) is 46.0 Å². The Bertz CT molecular complexity index is 1530. The number of rotatable bonds is 11. The van der Waals surface area contributed by atoms with E-state index >= 15 is 0 Å². The van der Waals surface area contributed by atoms with Gasteiger partial charge in [0.25, 0.3) is 5.91 Å². The monoisotopic (exact) mass is 573 g/mol. The number of anilines is 2. The van der Waals surface area contributed by atoms with Crippen LogP contribution in [0.15, 0.2) is 39.0 Å². The molecule has 13 nitrogen and oxygen atoms in total. The number of aromatic nitrogens is 3. The third-order valence-corrected chi connectivity index (χ3v) is 6.66. The van der Waals surface area contributed by atoms with Crippen molar-refractivity contribution in [1.82, 2.24) is 15.2 Å². The number of hydrogen-bond donors (Lipinski definition) is 2. The second-order valence-corrected chi connectivity index (χ2v) is 9.43. The van der Waals surface area contributed by atoms with Gasteiger partial charge in [0.2, 0.25) is 16.8 Å². The first kappa shape index (κ1) is 27.7. The molecule has 3 aromatic heterocycles. The van der Waals surface area contributed by atoms with Crippen LogP contribution in [-0.4, -0.2) is 61.5 Å². The van der Waals surface area contributed by atoms with E-state index in [0.29, 0.717) is 32.8 Å². The Morgan fingerprint density at radius 1 is 1.05 bits per heavy atom. The highest BCUT2D eigenvalue weighted by Gasteiger charge is 2.25. The van der Waals surface area contributed by atoms with E-state index < -0.39 is 11.5 Å². The van der Waals surface area contributed by atoms with Crippen molar-refractivity contribution in [2.45, 2.75) is 6.92 Å². The zero-order valence-corrected chi connectivity index (χ0v) is 22.9. The van der Waals surface area contributed by atoms with Gasteiger partial charge in [-0.05, 0) is 18.2 Å². The summed E-state index contributed by atoms with van der Waals surface area (Å²) < 4.78 is 27.0. The number of nitrogens with one attached hydrogen (secondary N) is 2. The summed E-state index contributed by atoms with van der Waals surface area (Å²) in [6, 6.07) is 6.44. The lowest BCUT2D eigenvalue weighted by atomic mass is 10.0. The van der Waals surface area contributed by atoms with E-state index in [0.717, 1.165) is 11.3 Å². The van der Waals surface area contributed by atoms with Gasteiger partial charge in [-0.15, -0.1) is 21.5 Å². The molecule has 0 saturated heterocycles. The van der Waals surface area contributed by atoms with Crippen LogP contribution >= 0.6 is 22.7 Å². The van der Waals surface area contributed by atoms with Crippen molar-refractivity contribution < 1.29 is 33.0 Å². The van der Waals surface area contributed by atoms with Crippen LogP contribution in [-0.2, 0) is 9.53 Å². The Kier molecular flexibility index (Phi) is 8.85. The normalized spacial score (nSPS) is 10.7. The SMILES string of the molecule is COCCOc1c(-c2c(OC)cccc2OC)cc(C(=O)Nc2nnc(-c3ncsc3NC(C)=O)s2)oc1=O. The molecule has 0 aliphatic heterocycles. The third-order valence-electron chi connectivity index (χ3n) is 5.07. The quantitative estimate of drug-likeness (QED) is 0.252. The molecule has 0 spiro atoms. The number of carbonyl (C=O) groups excluding carboxylic acids is 2. The summed E-state index contributed by atoms with van der Waals surface area (Å²) in [5.41, 5.74) is 1.70. The van der Waals surface area contributed by atoms with E-state index in [1.165, 1.54) is 45.7 Å². The van der Waals surface area contributed by atoms with Crippen LogP contribution in [0.4, 0.5) is 10.1 Å². The Hall–Kier alpha value is -4.34. The molecule has 3 heterocycles. The molecule has 0 aliphatic rings. The summed E-state index contributed by atoms with van der Waals surface area (Å²) in [6.45, 7) is 1.65. The predicted octanol–water partition coefficient (Wildman–Crippen LogP) is 3.53. The zero-order chi connectivity index (χ0) is 27.9. The second kappa shape index (κ2) is 12.5. The molecule has 4 aromatic rings. The first-order valence-corrected chi connectivity index (χ1v) is 12.9. The van der Waals surface area contributed by atoms with E-state index in [2.05, 4.69) is 25.8 Å². The van der Waals surface area contributed by atoms with Crippen molar-refractivity contribution in [2.75, 3.05) is 45.2 Å². The number of thiazole rings is 1. The number of nitrogens with zero attached hydrogens (tertiary/aromatic N) is 3. The number of amides is 2. The lowest BCUT2D eigenvalue weighted by molar-refractivity contribution is -0.114. The van der Waals surface area contributed by atoms with Crippen LogP contribution < -0.4 is 30.5 Å². The highest BCUT2D eigenvalue weighted by atomic mass is 32.1. The van der Waals surface area contributed by atoms with Gasteiger partial charge in [-0.3, -0.25) is 14.9 Å². The first-order chi connectivity index (χ1) is 18.9. The van der Waals surface area contributed by atoms with Gasteiger partial charge in [-0.1, -0.05) is 17.4 Å². The molecule has 0 atom stereocenters. The number of hydrogen-bond acceptors (Lipinski definition) is 13. The molecule has 0 aliphatic carbocycles. The number of methoxy groups -OCH3 is 3. The fourth-order valence-corrected chi connectivity index (χ4v) is 4.97. The Balaban J connectivity index is 1.69. The Labute approximate surface area is 229 Å². The topological polar surface area (TPSA) is 164 Å². The molecule has 15 heteroatoms. The maximum Gasteiger partial charge on any atom is 0.379 e. The second-order valence-electron chi connectivity index (χ2n) is 7.60. The van der Waals surface area contributed by atoms with Gasteiger partial charge in [0.1, 0.15) is 28.8 Å². The molecule has 204 valence electrons. The van der Waals surface area contributed by atoms with Gasteiger partial charge in [0.05, 0.1) is 31.9 Å². The fourth-order valence-electron chi connectivity index (χ4n) is 3.44. The molecular formula is C24H23N5O8S2. The van der Waals surface area contributed by atoms with Crippen LogP contribution in [0.2, 0.25) is 0 Å². The fraction of sp³-hybridized carbons (Fsp3) is 0.250. The smallest absolute Gasteiger partial charge is 0.379 e. The minimum atomic E-state index is -0.887. The zero-order valence-electron chi connectivity index (χ0n) is 21.2. The van der Waals surface area contributed by atoms with E-state index in [-0.39, 0.29) is 41.3 Å². The van der Waals surface area contributed by atoms with Crippen LogP contribution in [0, 0.1) is 0 Å². The number of benzene rings is 1. The molecule has 0 saturated carbocycles. The lowest BCUT2D eigenvalue weighted by Crippen LogP contribution is -2.18. The van der Waals surface area contributed by atoms with Gasteiger partial charge >= 0.3 is 5.63 Å². The molecular weight excluding hydrogens is 550 g/mol. The van der Waals surface area contributed by atoms with Crippen molar-refractivity contribution >= 4 is 44.6 Å². The average molecular weight is 574 g/mol. The molecule has 39 heavy (non-hydrogen) atoms. The van der Waals surface area contributed by atoms with Gasteiger partial charge in [-0.2, -0.15) is 0 Å². The maximum absolute atomic E-state index is 13.1. The van der Waals surface area contributed by atoms with E-state index in [9.17, 15) is 14.4 Å². The first-order valence-electron chi connectivity index (χ1n) is 11.2. The van der Waals surface area contributed by atoms with Crippen molar-refractivity contribution in [3.63, 3.8) is 0 Å². The van der Waals surface area contributed by atoms with Crippen molar-refractivity contribution in [1.29, 1.82) is 0 Å². The summed E-state index contributed by atoms with van der Waals surface area (Å²) in [4.78, 5) is 41.8. The largest absolute Gasteiger partial charge is 0.496 e. The molecule has 0 fully saturated rings. The molecule has 1 aromatic carbocycles. The summed E-state index contributed by atoms with van der Waals surface area (Å²) in [5, 5.41) is 14.3. The van der Waals surface area contributed by atoms with E-state index in [4.69, 9.17) is 23.4 Å². The molecule has 0 unspecified atom stereocenters. The number of carbonyl (C=O) groups is 2. The number of ether oxygens (including phenoxy) is 4. The van der Waals surface area contributed by atoms with Crippen LogP contribution in [0.3, 0.4) is 0 Å². The third kappa shape index (κ3) is 6.22. The Morgan fingerprint density at radius 2 is 1.79 bits per heavy atom. The van der Waals surface area contributed by atoms with Gasteiger partial charge < -0.3 is 28.7 Å². The molecule has 4 rings (SSSR count). The minimum Gasteiger partial charge on any atom is -0.496 e. The van der Waals surface area contributed by atoms with E-state index in [1.54, 1.807) is 23.7 Å². The maximum atomic E-state index is 13.1. The predicted molar refractivity (Wildman–Crippen MR) is 144 cm³/mol. The highest BCUT2D eigenvalue weighted by Crippen LogP contribution is 2.42. The molecule has 0 radical (unpaired) electrons. The minimum absolute atomic E-state index is 0.0575. The average Bonchev–Trinajstić information content (AvgIpc) is 3.57. The van der Waals surface area contributed by atoms with Crippen LogP contribution in [0.1, 0.15) is 17.5 Å². The molecule has 0 bridgehead atoms.